The van der Waals surface area contributed by atoms with Crippen LogP contribution in [-0.4, -0.2) is 26.6 Å². The molecule has 0 saturated heterocycles. The summed E-state index contributed by atoms with van der Waals surface area (Å²) in [7, 11) is 1.46. The Bertz CT molecular complexity index is 1220. The van der Waals surface area contributed by atoms with Crippen LogP contribution in [0.5, 0.6) is 5.88 Å². The van der Waals surface area contributed by atoms with E-state index in [-0.39, 0.29) is 12.1 Å². The smallest absolute Gasteiger partial charge is 0.269 e. The summed E-state index contributed by atoms with van der Waals surface area (Å²) < 4.78 is 35.8. The van der Waals surface area contributed by atoms with Gasteiger partial charge < -0.3 is 4.74 Å². The van der Waals surface area contributed by atoms with Gasteiger partial charge in [-0.3, -0.25) is 9.36 Å². The van der Waals surface area contributed by atoms with Crippen LogP contribution in [0, 0.1) is 11.6 Å². The van der Waals surface area contributed by atoms with Gasteiger partial charge in [0.05, 0.1) is 25.4 Å². The van der Waals surface area contributed by atoms with Crippen molar-refractivity contribution in [2.24, 2.45) is 0 Å². The van der Waals surface area contributed by atoms with Gasteiger partial charge in [-0.15, -0.1) is 0 Å². The minimum absolute atomic E-state index is 0.219. The Morgan fingerprint density at radius 2 is 1.79 bits per heavy atom. The van der Waals surface area contributed by atoms with Gasteiger partial charge in [0.15, 0.2) is 5.65 Å². The first-order valence-electron chi connectivity index (χ1n) is 8.35. The van der Waals surface area contributed by atoms with E-state index < -0.39 is 17.2 Å². The first-order valence-corrected chi connectivity index (χ1v) is 8.35. The molecule has 0 radical (unpaired) electrons. The van der Waals surface area contributed by atoms with E-state index in [1.54, 1.807) is 24.3 Å². The van der Waals surface area contributed by atoms with E-state index in [0.29, 0.717) is 28.2 Å². The molecule has 1 aromatic carbocycles. The van der Waals surface area contributed by atoms with Crippen molar-refractivity contribution in [2.45, 2.75) is 6.54 Å². The van der Waals surface area contributed by atoms with Crippen molar-refractivity contribution in [1.82, 2.24) is 19.5 Å². The molecule has 4 aromatic rings. The molecule has 0 spiro atoms. The summed E-state index contributed by atoms with van der Waals surface area (Å²) >= 11 is 0. The van der Waals surface area contributed by atoms with E-state index in [2.05, 4.69) is 15.0 Å². The molecular weight excluding hydrogens is 366 g/mol. The normalized spacial score (nSPS) is 11.0. The van der Waals surface area contributed by atoms with Gasteiger partial charge >= 0.3 is 0 Å². The second kappa shape index (κ2) is 7.15. The van der Waals surface area contributed by atoms with E-state index in [1.807, 2.05) is 0 Å². The number of pyridine rings is 2. The summed E-state index contributed by atoms with van der Waals surface area (Å²) in [6.45, 7) is -0.277. The zero-order chi connectivity index (χ0) is 19.7. The lowest BCUT2D eigenvalue weighted by Crippen LogP contribution is -2.22. The van der Waals surface area contributed by atoms with Crippen LogP contribution in [0.15, 0.2) is 59.8 Å². The van der Waals surface area contributed by atoms with Gasteiger partial charge in [0, 0.05) is 24.0 Å². The lowest BCUT2D eigenvalue weighted by atomic mass is 10.0. The van der Waals surface area contributed by atoms with E-state index in [1.165, 1.54) is 36.2 Å². The molecule has 0 aliphatic heterocycles. The maximum absolute atomic E-state index is 14.8. The summed E-state index contributed by atoms with van der Waals surface area (Å²) in [6, 6.07) is 8.92. The topological polar surface area (TPSA) is 69.9 Å². The number of hydrogen-bond donors (Lipinski definition) is 0. The second-order valence-corrected chi connectivity index (χ2v) is 6.03. The first kappa shape index (κ1) is 17.7. The lowest BCUT2D eigenvalue weighted by molar-refractivity contribution is 0.398. The van der Waals surface area contributed by atoms with E-state index in [9.17, 15) is 13.6 Å². The molecule has 8 heteroatoms. The number of aromatic nitrogens is 4. The maximum atomic E-state index is 14.8. The summed E-state index contributed by atoms with van der Waals surface area (Å²) in [5, 5.41) is 0. The highest BCUT2D eigenvalue weighted by atomic mass is 19.1. The molecular formula is C20H14F2N4O2. The van der Waals surface area contributed by atoms with Crippen molar-refractivity contribution in [1.29, 1.82) is 0 Å². The lowest BCUT2D eigenvalue weighted by Gasteiger charge is -2.12. The standard InChI is InChI=1S/C20H14F2N4O2/c1-28-18-9-12(4-6-23-18)13-7-15(21)14(16(22)8-13)11-26-17-3-2-5-24-20(17)25-10-19(26)27/h2-10H,11H2,1H3. The van der Waals surface area contributed by atoms with E-state index >= 15 is 0 Å². The van der Waals surface area contributed by atoms with Crippen LogP contribution in [0.4, 0.5) is 8.78 Å². The number of halogens is 2. The highest BCUT2D eigenvalue weighted by molar-refractivity contribution is 5.69. The maximum Gasteiger partial charge on any atom is 0.269 e. The fraction of sp³-hybridized carbons (Fsp3) is 0.100. The van der Waals surface area contributed by atoms with Gasteiger partial charge in [-0.25, -0.2) is 23.7 Å². The van der Waals surface area contributed by atoms with Crippen molar-refractivity contribution in [3.05, 3.63) is 82.5 Å². The molecule has 4 rings (SSSR count). The van der Waals surface area contributed by atoms with Crippen molar-refractivity contribution in [3.8, 4) is 17.0 Å². The van der Waals surface area contributed by atoms with Crippen LogP contribution < -0.4 is 10.3 Å². The van der Waals surface area contributed by atoms with Gasteiger partial charge in [-0.2, -0.15) is 0 Å². The zero-order valence-corrected chi connectivity index (χ0v) is 14.8. The average molecular weight is 380 g/mol. The number of hydrogen-bond acceptors (Lipinski definition) is 5. The fourth-order valence-corrected chi connectivity index (χ4v) is 2.95. The van der Waals surface area contributed by atoms with Crippen LogP contribution in [0.1, 0.15) is 5.56 Å². The predicted octanol–water partition coefficient (Wildman–Crippen LogP) is 3.19. The molecule has 3 heterocycles. The largest absolute Gasteiger partial charge is 0.481 e. The highest BCUT2D eigenvalue weighted by Gasteiger charge is 2.15. The Morgan fingerprint density at radius 3 is 2.54 bits per heavy atom. The quantitative estimate of drug-likeness (QED) is 0.544. The molecule has 0 unspecified atom stereocenters. The second-order valence-electron chi connectivity index (χ2n) is 6.03. The number of nitrogens with zero attached hydrogens (tertiary/aromatic N) is 4. The number of ether oxygens (including phenoxy) is 1. The van der Waals surface area contributed by atoms with Crippen molar-refractivity contribution >= 4 is 11.2 Å². The van der Waals surface area contributed by atoms with Crippen LogP contribution in [-0.2, 0) is 6.54 Å². The highest BCUT2D eigenvalue weighted by Crippen LogP contribution is 2.27. The first-order chi connectivity index (χ1) is 13.6. The SMILES string of the molecule is COc1cc(-c2cc(F)c(Cn3c(=O)cnc4ncccc43)c(F)c2)ccn1. The fourth-order valence-electron chi connectivity index (χ4n) is 2.95. The van der Waals surface area contributed by atoms with Gasteiger partial charge in [-0.1, -0.05) is 0 Å². The third-order valence-corrected chi connectivity index (χ3v) is 4.35. The Morgan fingerprint density at radius 1 is 1.00 bits per heavy atom. The minimum atomic E-state index is -0.758. The predicted molar refractivity (Wildman–Crippen MR) is 99.0 cm³/mol. The Kier molecular flexibility index (Phi) is 4.52. The van der Waals surface area contributed by atoms with Crippen molar-refractivity contribution in [2.75, 3.05) is 7.11 Å². The Balaban J connectivity index is 1.78. The average Bonchev–Trinajstić information content (AvgIpc) is 2.72. The molecule has 0 aliphatic carbocycles. The van der Waals surface area contributed by atoms with Crippen LogP contribution in [0.25, 0.3) is 22.3 Å². The molecule has 0 amide bonds. The Hall–Kier alpha value is -3.68. The number of benzene rings is 1. The van der Waals surface area contributed by atoms with Gasteiger partial charge in [0.1, 0.15) is 11.6 Å². The number of methoxy groups -OCH3 is 1. The summed E-state index contributed by atoms with van der Waals surface area (Å²) in [6.07, 6.45) is 4.11. The third-order valence-electron chi connectivity index (χ3n) is 4.35. The molecule has 0 saturated carbocycles. The molecule has 140 valence electrons. The van der Waals surface area contributed by atoms with E-state index in [4.69, 9.17) is 4.74 Å². The summed E-state index contributed by atoms with van der Waals surface area (Å²) in [4.78, 5) is 24.2. The molecule has 0 aliphatic rings. The van der Waals surface area contributed by atoms with Crippen LogP contribution in [0.2, 0.25) is 0 Å². The van der Waals surface area contributed by atoms with Gasteiger partial charge in [0.25, 0.3) is 5.56 Å². The van der Waals surface area contributed by atoms with Gasteiger partial charge in [0.2, 0.25) is 5.88 Å². The summed E-state index contributed by atoms with van der Waals surface area (Å²) in [5.41, 5.74) is 0.936. The Labute approximate surface area is 158 Å². The van der Waals surface area contributed by atoms with Crippen molar-refractivity contribution in [3.63, 3.8) is 0 Å². The molecule has 0 atom stereocenters. The molecule has 0 bridgehead atoms. The third kappa shape index (κ3) is 3.20. The molecule has 0 fully saturated rings. The van der Waals surface area contributed by atoms with E-state index in [0.717, 1.165) is 6.20 Å². The number of rotatable bonds is 4. The monoisotopic (exact) mass is 380 g/mol. The van der Waals surface area contributed by atoms with Gasteiger partial charge in [-0.05, 0) is 41.5 Å². The molecule has 28 heavy (non-hydrogen) atoms. The van der Waals surface area contributed by atoms with Crippen LogP contribution in [0.3, 0.4) is 0 Å². The minimum Gasteiger partial charge on any atom is -0.481 e. The molecule has 0 N–H and O–H groups in total. The summed E-state index contributed by atoms with van der Waals surface area (Å²) in [5.74, 6) is -1.18. The van der Waals surface area contributed by atoms with Crippen molar-refractivity contribution < 1.29 is 13.5 Å². The molecule has 3 aromatic heterocycles. The molecule has 6 nitrogen and oxygen atoms in total. The zero-order valence-electron chi connectivity index (χ0n) is 14.8. The number of fused-ring (bicyclic) bond motifs is 1. The van der Waals surface area contributed by atoms with Crippen LogP contribution >= 0.6 is 0 Å².